The minimum Gasteiger partial charge on any atom is -0.458 e. The SMILES string of the molecule is CC[C@]1(O)C(=O)OCc2c1cc1n(c2=O)Cc2cc3cc(OC(=O)NCCCCCCNC(=O)OCCOCCOCCOCCOCCC(=O)NC)ccc3nc2-1. The summed E-state index contributed by atoms with van der Waals surface area (Å²) in [5.41, 5.74) is 0.806. The lowest BCUT2D eigenvalue weighted by molar-refractivity contribution is -0.172. The van der Waals surface area contributed by atoms with E-state index in [1.165, 1.54) is 0 Å². The third-order valence-corrected chi connectivity index (χ3v) is 9.66. The number of aromatic nitrogens is 2. The van der Waals surface area contributed by atoms with Gasteiger partial charge in [-0.25, -0.2) is 19.4 Å². The Bertz CT molecular complexity index is 1950. The maximum absolute atomic E-state index is 13.4. The van der Waals surface area contributed by atoms with Crippen molar-refractivity contribution in [1.29, 1.82) is 0 Å². The molecule has 3 amide bonds. The highest BCUT2D eigenvalue weighted by molar-refractivity contribution is 5.87. The Morgan fingerprint density at radius 1 is 0.845 bits per heavy atom. The molecule has 0 radical (unpaired) electrons. The Morgan fingerprint density at radius 2 is 1.48 bits per heavy atom. The molecule has 0 spiro atoms. The van der Waals surface area contributed by atoms with Crippen molar-refractivity contribution >= 4 is 35.0 Å². The zero-order valence-electron chi connectivity index (χ0n) is 33.1. The van der Waals surface area contributed by atoms with E-state index in [4.69, 9.17) is 38.1 Å². The minimum atomic E-state index is -1.90. The second-order valence-electron chi connectivity index (χ2n) is 13.6. The van der Waals surface area contributed by atoms with Crippen molar-refractivity contribution in [3.8, 4) is 17.1 Å². The van der Waals surface area contributed by atoms with Crippen LogP contribution in [0.15, 0.2) is 35.1 Å². The number of hydrogen-bond acceptors (Lipinski definition) is 14. The molecule has 0 fully saturated rings. The molecule has 2 aliphatic heterocycles. The number of ether oxygens (including phenoxy) is 7. The van der Waals surface area contributed by atoms with Crippen LogP contribution >= 0.6 is 0 Å². The van der Waals surface area contributed by atoms with Gasteiger partial charge >= 0.3 is 18.2 Å². The predicted octanol–water partition coefficient (Wildman–Crippen LogP) is 2.66. The molecule has 0 saturated heterocycles. The number of carbonyl (C=O) groups is 4. The lowest BCUT2D eigenvalue weighted by atomic mass is 9.86. The molecule has 4 N–H and O–H groups in total. The van der Waals surface area contributed by atoms with Crippen molar-refractivity contribution < 1.29 is 57.4 Å². The number of esters is 1. The number of pyridine rings is 2. The Kier molecular flexibility index (Phi) is 16.8. The van der Waals surface area contributed by atoms with Crippen molar-refractivity contribution in [3.05, 3.63) is 57.4 Å². The Morgan fingerprint density at radius 3 is 2.14 bits per heavy atom. The zero-order chi connectivity index (χ0) is 41.3. The molecule has 0 bridgehead atoms. The number of unbranched alkanes of at least 4 members (excludes halogenated alkanes) is 3. The van der Waals surface area contributed by atoms with E-state index < -0.39 is 23.8 Å². The second kappa shape index (κ2) is 22.1. The normalized spacial score (nSPS) is 15.3. The van der Waals surface area contributed by atoms with Gasteiger partial charge in [0.05, 0.1) is 81.9 Å². The second-order valence-corrected chi connectivity index (χ2v) is 13.6. The van der Waals surface area contributed by atoms with E-state index in [9.17, 15) is 29.1 Å². The monoisotopic (exact) mass is 811 g/mol. The molecule has 4 heterocycles. The van der Waals surface area contributed by atoms with Gasteiger partial charge in [0.2, 0.25) is 5.91 Å². The van der Waals surface area contributed by atoms with E-state index in [-0.39, 0.29) is 55.4 Å². The number of carbonyl (C=O) groups excluding carboxylic acids is 4. The number of fused-ring (bicyclic) bond motifs is 5. The van der Waals surface area contributed by atoms with Crippen LogP contribution in [0.1, 0.15) is 62.1 Å². The maximum Gasteiger partial charge on any atom is 0.412 e. The number of rotatable bonds is 24. The number of aliphatic hydroxyl groups is 1. The van der Waals surface area contributed by atoms with Crippen molar-refractivity contribution in [2.45, 2.75) is 64.2 Å². The fraction of sp³-hybridized carbons (Fsp3) is 0.550. The maximum atomic E-state index is 13.4. The van der Waals surface area contributed by atoms with Gasteiger partial charge in [-0.05, 0) is 49.6 Å². The van der Waals surface area contributed by atoms with Gasteiger partial charge < -0.3 is 58.8 Å². The summed E-state index contributed by atoms with van der Waals surface area (Å²) in [5.74, 6) is -0.496. The fourth-order valence-corrected chi connectivity index (χ4v) is 6.45. The Balaban J connectivity index is 0.883. The highest BCUT2D eigenvalue weighted by atomic mass is 16.6. The van der Waals surface area contributed by atoms with Crippen LogP contribution in [0.25, 0.3) is 22.3 Å². The summed E-state index contributed by atoms with van der Waals surface area (Å²) < 4.78 is 38.8. The number of cyclic esters (lactones) is 1. The van der Waals surface area contributed by atoms with Crippen LogP contribution in [-0.4, -0.2) is 118 Å². The largest absolute Gasteiger partial charge is 0.458 e. The van der Waals surface area contributed by atoms with E-state index in [1.807, 2.05) is 6.07 Å². The molecule has 18 nitrogen and oxygen atoms in total. The Hall–Kier alpha value is -5.14. The van der Waals surface area contributed by atoms with E-state index in [2.05, 4.69) is 16.0 Å². The summed E-state index contributed by atoms with van der Waals surface area (Å²) >= 11 is 0. The van der Waals surface area contributed by atoms with Gasteiger partial charge in [-0.2, -0.15) is 0 Å². The van der Waals surface area contributed by atoms with Crippen LogP contribution in [0.3, 0.4) is 0 Å². The first-order valence-corrected chi connectivity index (χ1v) is 19.6. The third kappa shape index (κ3) is 12.0. The first-order chi connectivity index (χ1) is 28.1. The molecule has 0 aliphatic carbocycles. The van der Waals surface area contributed by atoms with Gasteiger partial charge in [-0.3, -0.25) is 9.59 Å². The number of nitrogens with zero attached hydrogens (tertiary/aromatic N) is 2. The molecule has 2 aromatic heterocycles. The summed E-state index contributed by atoms with van der Waals surface area (Å²) in [6, 6.07) is 8.64. The van der Waals surface area contributed by atoms with Gasteiger partial charge in [-0.1, -0.05) is 19.8 Å². The van der Waals surface area contributed by atoms with Crippen LogP contribution in [0.4, 0.5) is 9.59 Å². The van der Waals surface area contributed by atoms with E-state index >= 15 is 0 Å². The Labute approximate surface area is 335 Å². The van der Waals surface area contributed by atoms with E-state index in [0.717, 1.165) is 36.6 Å². The number of nitrogens with one attached hydrogen (secondary N) is 3. The smallest absolute Gasteiger partial charge is 0.412 e. The zero-order valence-corrected chi connectivity index (χ0v) is 33.1. The number of amides is 3. The molecule has 0 saturated carbocycles. The molecule has 1 aromatic carbocycles. The number of hydrogen-bond donors (Lipinski definition) is 4. The van der Waals surface area contributed by atoms with Crippen LogP contribution in [0.2, 0.25) is 0 Å². The molecule has 2 aliphatic rings. The topological polar surface area (TPSA) is 224 Å². The molecule has 3 aromatic rings. The van der Waals surface area contributed by atoms with Crippen molar-refractivity contribution in [2.24, 2.45) is 0 Å². The quantitative estimate of drug-likeness (QED) is 0.0590. The van der Waals surface area contributed by atoms with Gasteiger partial charge in [0.25, 0.3) is 5.56 Å². The van der Waals surface area contributed by atoms with Gasteiger partial charge in [0.15, 0.2) is 5.60 Å². The fourth-order valence-electron chi connectivity index (χ4n) is 6.45. The number of benzene rings is 1. The summed E-state index contributed by atoms with van der Waals surface area (Å²) in [7, 11) is 1.58. The van der Waals surface area contributed by atoms with Crippen LogP contribution in [0, 0.1) is 0 Å². The molecular formula is C40H53N5O13. The molecule has 0 unspecified atom stereocenters. The highest BCUT2D eigenvalue weighted by Gasteiger charge is 2.45. The first kappa shape index (κ1) is 44.0. The lowest BCUT2D eigenvalue weighted by Gasteiger charge is -2.31. The first-order valence-electron chi connectivity index (χ1n) is 19.6. The van der Waals surface area contributed by atoms with Crippen molar-refractivity contribution in [1.82, 2.24) is 25.5 Å². The molecule has 18 heteroatoms. The lowest BCUT2D eigenvalue weighted by Crippen LogP contribution is -2.44. The van der Waals surface area contributed by atoms with Crippen LogP contribution in [0.5, 0.6) is 5.75 Å². The summed E-state index contributed by atoms with van der Waals surface area (Å²) in [6.07, 6.45) is 2.48. The van der Waals surface area contributed by atoms with Crippen molar-refractivity contribution in [3.63, 3.8) is 0 Å². The molecular weight excluding hydrogens is 758 g/mol. The molecule has 1 atom stereocenters. The molecule has 5 rings (SSSR count). The predicted molar refractivity (Wildman–Crippen MR) is 208 cm³/mol. The highest BCUT2D eigenvalue weighted by Crippen LogP contribution is 2.39. The molecule has 316 valence electrons. The van der Waals surface area contributed by atoms with Crippen LogP contribution < -0.4 is 26.2 Å². The summed E-state index contributed by atoms with van der Waals surface area (Å²) in [6.45, 7) is 5.78. The average Bonchev–Trinajstić information content (AvgIpc) is 3.58. The van der Waals surface area contributed by atoms with Crippen molar-refractivity contribution in [2.75, 3.05) is 79.6 Å². The van der Waals surface area contributed by atoms with E-state index in [0.29, 0.717) is 88.4 Å². The van der Waals surface area contributed by atoms with Gasteiger partial charge in [-0.15, -0.1) is 0 Å². The average molecular weight is 812 g/mol. The van der Waals surface area contributed by atoms with Crippen LogP contribution in [-0.2, 0) is 56.8 Å². The third-order valence-electron chi connectivity index (χ3n) is 9.66. The van der Waals surface area contributed by atoms with Gasteiger partial charge in [0, 0.05) is 43.1 Å². The number of alkyl carbamates (subject to hydrolysis) is 1. The summed E-state index contributed by atoms with van der Waals surface area (Å²) in [4.78, 5) is 66.0. The standard InChI is InChI=1S/C40H53N5O13/c1-3-40(51)31-24-33-35-28(25-45(33)36(47)30(31)26-57-37(40)48)22-27-23-29(8-9-32(27)44-35)58-39(50)43-12-7-5-4-6-11-42-38(49)56-21-20-55-19-18-54-17-16-53-15-14-52-13-10-34(46)41-2/h8-9,22-24,51H,3-7,10-21,25-26H2,1-2H3,(H,41,46)(H,42,49)(H,43,50)/t40-/m1/s1. The minimum absolute atomic E-state index is 0.0629. The summed E-state index contributed by atoms with van der Waals surface area (Å²) in [5, 5.41) is 19.8. The molecule has 58 heavy (non-hydrogen) atoms. The van der Waals surface area contributed by atoms with Gasteiger partial charge in [0.1, 0.15) is 19.0 Å². The van der Waals surface area contributed by atoms with E-state index in [1.54, 1.807) is 42.8 Å².